The van der Waals surface area contributed by atoms with Gasteiger partial charge >= 0.3 is 0 Å². The lowest BCUT2D eigenvalue weighted by molar-refractivity contribution is -0.117. The van der Waals surface area contributed by atoms with Crippen LogP contribution in [0.2, 0.25) is 0 Å². The fourth-order valence-electron chi connectivity index (χ4n) is 2.11. The van der Waals surface area contributed by atoms with Gasteiger partial charge in [-0.15, -0.1) is 0 Å². The first-order valence-corrected chi connectivity index (χ1v) is 8.38. The van der Waals surface area contributed by atoms with Crippen molar-refractivity contribution in [1.82, 2.24) is 4.90 Å². The Labute approximate surface area is 124 Å². The predicted molar refractivity (Wildman–Crippen MR) is 81.1 cm³/mol. The first-order valence-electron chi connectivity index (χ1n) is 6.56. The second-order valence-corrected chi connectivity index (χ2v) is 7.24. The van der Waals surface area contributed by atoms with Gasteiger partial charge in [0.2, 0.25) is 5.91 Å². The molecule has 0 aliphatic carbocycles. The van der Waals surface area contributed by atoms with Gasteiger partial charge in [0.25, 0.3) is 0 Å². The van der Waals surface area contributed by atoms with Crippen molar-refractivity contribution in [3.63, 3.8) is 0 Å². The molecule has 1 aromatic rings. The van der Waals surface area contributed by atoms with Crippen LogP contribution in [0, 0.1) is 0 Å². The van der Waals surface area contributed by atoms with Crippen LogP contribution >= 0.6 is 0 Å². The smallest absolute Gasteiger partial charge is 0.238 e. The predicted octanol–water partition coefficient (Wildman–Crippen LogP) is -0.0537. The topological polar surface area (TPSA) is 102 Å². The zero-order valence-corrected chi connectivity index (χ0v) is 12.6. The molecule has 1 aromatic carbocycles. The lowest BCUT2D eigenvalue weighted by Gasteiger charge is -2.25. The third-order valence-corrected chi connectivity index (χ3v) is 4.91. The summed E-state index contributed by atoms with van der Waals surface area (Å²) in [5, 5.41) is 2.75. The lowest BCUT2D eigenvalue weighted by atomic mass is 10.2. The van der Waals surface area contributed by atoms with Crippen LogP contribution in [0.4, 0.5) is 11.4 Å². The monoisotopic (exact) mass is 313 g/mol. The summed E-state index contributed by atoms with van der Waals surface area (Å²) < 4.78 is 27.8. The number of nitrogens with one attached hydrogen (secondary N) is 1. The van der Waals surface area contributed by atoms with Gasteiger partial charge in [0.15, 0.2) is 9.84 Å². The molecule has 1 saturated heterocycles. The fourth-order valence-corrected chi connectivity index (χ4v) is 3.39. The van der Waals surface area contributed by atoms with Crippen molar-refractivity contribution in [2.24, 2.45) is 0 Å². The van der Waals surface area contributed by atoms with Crippen LogP contribution in [-0.2, 0) is 14.6 Å². The molecule has 2 rings (SSSR count). The second kappa shape index (κ2) is 6.31. The zero-order chi connectivity index (χ0) is 15.5. The molecule has 1 amide bonds. The highest BCUT2D eigenvalue weighted by Crippen LogP contribution is 2.26. The largest absolute Gasteiger partial charge is 0.494 e. The van der Waals surface area contributed by atoms with Crippen molar-refractivity contribution in [2.75, 3.05) is 49.3 Å². The van der Waals surface area contributed by atoms with Gasteiger partial charge in [0, 0.05) is 24.8 Å². The molecule has 0 bridgehead atoms. The summed E-state index contributed by atoms with van der Waals surface area (Å²) in [5.41, 5.74) is 6.74. The highest BCUT2D eigenvalue weighted by Gasteiger charge is 2.23. The van der Waals surface area contributed by atoms with Crippen molar-refractivity contribution >= 4 is 27.1 Å². The molecule has 3 N–H and O–H groups in total. The van der Waals surface area contributed by atoms with E-state index in [9.17, 15) is 13.2 Å². The van der Waals surface area contributed by atoms with Crippen LogP contribution in [0.15, 0.2) is 18.2 Å². The number of rotatable bonds is 4. The number of hydrogen-bond acceptors (Lipinski definition) is 6. The highest BCUT2D eigenvalue weighted by molar-refractivity contribution is 7.91. The maximum Gasteiger partial charge on any atom is 0.238 e. The number of anilines is 2. The Morgan fingerprint density at radius 1 is 1.38 bits per heavy atom. The van der Waals surface area contributed by atoms with Gasteiger partial charge in [-0.25, -0.2) is 8.42 Å². The number of sulfone groups is 1. The van der Waals surface area contributed by atoms with Crippen LogP contribution in [0.25, 0.3) is 0 Å². The fraction of sp³-hybridized carbons (Fsp3) is 0.462. The van der Waals surface area contributed by atoms with E-state index in [1.165, 1.54) is 7.11 Å². The Morgan fingerprint density at radius 2 is 2.05 bits per heavy atom. The molecule has 0 radical (unpaired) electrons. The highest BCUT2D eigenvalue weighted by atomic mass is 32.2. The minimum atomic E-state index is -2.93. The molecule has 1 aliphatic heterocycles. The molecular weight excluding hydrogens is 294 g/mol. The number of ether oxygens (including phenoxy) is 1. The Hall–Kier alpha value is -1.80. The van der Waals surface area contributed by atoms with E-state index in [1.54, 1.807) is 18.2 Å². The van der Waals surface area contributed by atoms with Crippen LogP contribution in [0.5, 0.6) is 5.75 Å². The molecular formula is C13H19N3O4S. The SMILES string of the molecule is COc1cc(N)ccc1NC(=O)CN1CCS(=O)(=O)CC1. The summed E-state index contributed by atoms with van der Waals surface area (Å²) in [7, 11) is -1.43. The van der Waals surface area contributed by atoms with Crippen LogP contribution < -0.4 is 15.8 Å². The third kappa shape index (κ3) is 4.33. The molecule has 116 valence electrons. The van der Waals surface area contributed by atoms with Gasteiger partial charge in [-0.2, -0.15) is 0 Å². The maximum atomic E-state index is 12.0. The van der Waals surface area contributed by atoms with Crippen molar-refractivity contribution < 1.29 is 17.9 Å². The third-order valence-electron chi connectivity index (χ3n) is 3.30. The van der Waals surface area contributed by atoms with Gasteiger partial charge < -0.3 is 15.8 Å². The van der Waals surface area contributed by atoms with Gasteiger partial charge in [-0.3, -0.25) is 9.69 Å². The summed E-state index contributed by atoms with van der Waals surface area (Å²) in [6, 6.07) is 4.97. The summed E-state index contributed by atoms with van der Waals surface area (Å²) >= 11 is 0. The first kappa shape index (κ1) is 15.6. The van der Waals surface area contributed by atoms with E-state index in [0.717, 1.165) is 0 Å². The zero-order valence-electron chi connectivity index (χ0n) is 11.8. The molecule has 0 aromatic heterocycles. The first-order chi connectivity index (χ1) is 9.89. The van der Waals surface area contributed by atoms with Crippen LogP contribution in [-0.4, -0.2) is 57.5 Å². The summed E-state index contributed by atoms with van der Waals surface area (Å²) in [4.78, 5) is 13.8. The molecule has 0 spiro atoms. The Morgan fingerprint density at radius 3 is 2.67 bits per heavy atom. The van der Waals surface area contributed by atoms with Gasteiger partial charge in [-0.1, -0.05) is 0 Å². The minimum absolute atomic E-state index is 0.103. The lowest BCUT2D eigenvalue weighted by Crippen LogP contribution is -2.43. The standard InChI is InChI=1S/C13H19N3O4S/c1-20-12-8-10(14)2-3-11(12)15-13(17)9-16-4-6-21(18,19)7-5-16/h2-3,8H,4-7,9,14H2,1H3,(H,15,17). The summed E-state index contributed by atoms with van der Waals surface area (Å²) in [6.07, 6.45) is 0. The normalized spacial score (nSPS) is 18.1. The Bertz CT molecular complexity index is 616. The molecule has 0 atom stereocenters. The van der Waals surface area contributed by atoms with E-state index in [0.29, 0.717) is 30.2 Å². The van der Waals surface area contributed by atoms with Gasteiger partial charge in [0.05, 0.1) is 30.8 Å². The maximum absolute atomic E-state index is 12.0. The molecule has 8 heteroatoms. The molecule has 1 heterocycles. The Kier molecular flexibility index (Phi) is 4.69. The number of nitrogens with two attached hydrogens (primary N) is 1. The van der Waals surface area contributed by atoms with Crippen molar-refractivity contribution in [3.05, 3.63) is 18.2 Å². The average Bonchev–Trinajstić information content (AvgIpc) is 2.43. The van der Waals surface area contributed by atoms with Crippen LogP contribution in [0.1, 0.15) is 0 Å². The summed E-state index contributed by atoms with van der Waals surface area (Å²) in [6.45, 7) is 0.923. The molecule has 1 aliphatic rings. The quantitative estimate of drug-likeness (QED) is 0.756. The number of nitrogens with zero attached hydrogens (tertiary/aromatic N) is 1. The molecule has 7 nitrogen and oxygen atoms in total. The Balaban J connectivity index is 1.93. The van der Waals surface area contributed by atoms with Gasteiger partial charge in [-0.05, 0) is 12.1 Å². The van der Waals surface area contributed by atoms with E-state index < -0.39 is 9.84 Å². The number of hydrogen-bond donors (Lipinski definition) is 2. The van der Waals surface area contributed by atoms with E-state index >= 15 is 0 Å². The summed E-state index contributed by atoms with van der Waals surface area (Å²) in [5.74, 6) is 0.485. The minimum Gasteiger partial charge on any atom is -0.494 e. The molecule has 21 heavy (non-hydrogen) atoms. The average molecular weight is 313 g/mol. The van der Waals surface area contributed by atoms with Crippen LogP contribution in [0.3, 0.4) is 0 Å². The van der Waals surface area contributed by atoms with Crippen molar-refractivity contribution in [1.29, 1.82) is 0 Å². The van der Waals surface area contributed by atoms with Crippen molar-refractivity contribution in [3.8, 4) is 5.75 Å². The number of benzene rings is 1. The van der Waals surface area contributed by atoms with E-state index in [2.05, 4.69) is 5.32 Å². The van der Waals surface area contributed by atoms with Crippen molar-refractivity contribution in [2.45, 2.75) is 0 Å². The van der Waals surface area contributed by atoms with E-state index in [4.69, 9.17) is 10.5 Å². The molecule has 0 unspecified atom stereocenters. The number of methoxy groups -OCH3 is 1. The van der Waals surface area contributed by atoms with Gasteiger partial charge in [0.1, 0.15) is 5.75 Å². The second-order valence-electron chi connectivity index (χ2n) is 4.94. The van der Waals surface area contributed by atoms with E-state index in [-0.39, 0.29) is 24.0 Å². The number of carbonyl (C=O) groups is 1. The molecule has 0 saturated carbocycles. The number of carbonyl (C=O) groups excluding carboxylic acids is 1. The molecule has 1 fully saturated rings. The van der Waals surface area contributed by atoms with E-state index in [1.807, 2.05) is 4.90 Å². The number of amides is 1. The number of nitrogen functional groups attached to an aromatic ring is 1.